The molecule has 134 valence electrons. The van der Waals surface area contributed by atoms with Gasteiger partial charge < -0.3 is 10.2 Å². The Morgan fingerprint density at radius 3 is 2.65 bits per heavy atom. The van der Waals surface area contributed by atoms with E-state index >= 15 is 0 Å². The van der Waals surface area contributed by atoms with Crippen molar-refractivity contribution in [3.63, 3.8) is 0 Å². The number of nitrogens with one attached hydrogen (secondary N) is 1. The highest BCUT2D eigenvalue weighted by molar-refractivity contribution is 5.96. The van der Waals surface area contributed by atoms with E-state index in [0.717, 1.165) is 17.7 Å². The van der Waals surface area contributed by atoms with Gasteiger partial charge in [0.15, 0.2) is 11.6 Å². The number of benzene rings is 2. The number of anilines is 1. The predicted molar refractivity (Wildman–Crippen MR) is 95.3 cm³/mol. The Kier molecular flexibility index (Phi) is 5.41. The highest BCUT2D eigenvalue weighted by atomic mass is 19.2. The quantitative estimate of drug-likeness (QED) is 0.837. The first-order chi connectivity index (χ1) is 12.5. The molecule has 2 amide bonds. The third kappa shape index (κ3) is 4.33. The van der Waals surface area contributed by atoms with Crippen molar-refractivity contribution in [3.8, 4) is 0 Å². The van der Waals surface area contributed by atoms with Crippen molar-refractivity contribution in [2.45, 2.75) is 6.42 Å². The molecule has 1 heterocycles. The Morgan fingerprint density at radius 1 is 1.15 bits per heavy atom. The van der Waals surface area contributed by atoms with Crippen LogP contribution < -0.4 is 10.2 Å². The largest absolute Gasteiger partial charge is 0.352 e. The third-order valence-corrected chi connectivity index (χ3v) is 4.21. The Hall–Kier alpha value is -3.02. The van der Waals surface area contributed by atoms with Crippen LogP contribution in [0.5, 0.6) is 0 Å². The van der Waals surface area contributed by atoms with Crippen molar-refractivity contribution in [1.29, 1.82) is 0 Å². The molecule has 1 N–H and O–H groups in total. The number of nitrogens with zero attached hydrogens (tertiary/aromatic N) is 1. The smallest absolute Gasteiger partial charge is 0.244 e. The molecular formula is C20H18F2N2O2. The summed E-state index contributed by atoms with van der Waals surface area (Å²) in [5, 5.41) is 2.77. The molecule has 2 aromatic carbocycles. The summed E-state index contributed by atoms with van der Waals surface area (Å²) in [6, 6.07) is 12.8. The summed E-state index contributed by atoms with van der Waals surface area (Å²) in [5.41, 5.74) is 1.25. The van der Waals surface area contributed by atoms with Crippen molar-refractivity contribution >= 4 is 23.6 Å². The van der Waals surface area contributed by atoms with Gasteiger partial charge in [0.25, 0.3) is 0 Å². The monoisotopic (exact) mass is 356 g/mol. The van der Waals surface area contributed by atoms with Gasteiger partial charge in [0, 0.05) is 43.3 Å². The molecule has 0 spiro atoms. The maximum absolute atomic E-state index is 13.4. The Bertz CT molecular complexity index is 837. The maximum Gasteiger partial charge on any atom is 0.244 e. The van der Waals surface area contributed by atoms with E-state index < -0.39 is 11.6 Å². The first-order valence-electron chi connectivity index (χ1n) is 8.29. The minimum absolute atomic E-state index is 0.0790. The van der Waals surface area contributed by atoms with Crippen LogP contribution in [0.25, 0.3) is 6.08 Å². The summed E-state index contributed by atoms with van der Waals surface area (Å²) in [7, 11) is 0. The molecule has 4 nitrogen and oxygen atoms in total. The van der Waals surface area contributed by atoms with Crippen molar-refractivity contribution < 1.29 is 18.4 Å². The second-order valence-electron chi connectivity index (χ2n) is 6.16. The van der Waals surface area contributed by atoms with Crippen LogP contribution in [0.15, 0.2) is 54.6 Å². The summed E-state index contributed by atoms with van der Waals surface area (Å²) in [6.07, 6.45) is 3.41. The van der Waals surface area contributed by atoms with Gasteiger partial charge in [0.05, 0.1) is 0 Å². The summed E-state index contributed by atoms with van der Waals surface area (Å²) in [6.45, 7) is 0.691. The fourth-order valence-electron chi connectivity index (χ4n) is 2.86. The number of halogens is 2. The molecule has 0 saturated carbocycles. The van der Waals surface area contributed by atoms with Gasteiger partial charge in [-0.3, -0.25) is 9.59 Å². The topological polar surface area (TPSA) is 49.4 Å². The highest BCUT2D eigenvalue weighted by Crippen LogP contribution is 2.26. The molecule has 0 radical (unpaired) electrons. The average Bonchev–Trinajstić information content (AvgIpc) is 3.02. The minimum Gasteiger partial charge on any atom is -0.352 e. The SMILES string of the molecule is O=C(/C=C/c1ccccc1)NCC1CC(=O)N(c2ccc(F)c(F)c2)C1. The van der Waals surface area contributed by atoms with Crippen LogP contribution in [-0.4, -0.2) is 24.9 Å². The lowest BCUT2D eigenvalue weighted by Crippen LogP contribution is -2.30. The van der Waals surface area contributed by atoms with Gasteiger partial charge in [-0.05, 0) is 23.8 Å². The molecule has 6 heteroatoms. The number of hydrogen-bond acceptors (Lipinski definition) is 2. The zero-order valence-corrected chi connectivity index (χ0v) is 14.0. The lowest BCUT2D eigenvalue weighted by atomic mass is 10.1. The number of amides is 2. The fraction of sp³-hybridized carbons (Fsp3) is 0.200. The standard InChI is InChI=1S/C20H18F2N2O2/c21-17-8-7-16(11-18(17)22)24-13-15(10-20(24)26)12-23-19(25)9-6-14-4-2-1-3-5-14/h1-9,11,15H,10,12-13H2,(H,23,25)/b9-6+. The van der Waals surface area contributed by atoms with Crippen molar-refractivity contribution in [2.24, 2.45) is 5.92 Å². The molecule has 1 unspecified atom stereocenters. The lowest BCUT2D eigenvalue weighted by Gasteiger charge is -2.17. The molecule has 0 bridgehead atoms. The van der Waals surface area contributed by atoms with Gasteiger partial charge in [0.2, 0.25) is 11.8 Å². The molecule has 1 saturated heterocycles. The zero-order valence-electron chi connectivity index (χ0n) is 14.0. The van der Waals surface area contributed by atoms with E-state index in [1.807, 2.05) is 30.3 Å². The normalized spacial score (nSPS) is 17.1. The highest BCUT2D eigenvalue weighted by Gasteiger charge is 2.31. The molecule has 1 fully saturated rings. The van der Waals surface area contributed by atoms with Crippen LogP contribution in [0.4, 0.5) is 14.5 Å². The molecule has 2 aromatic rings. The van der Waals surface area contributed by atoms with Crippen LogP contribution in [0, 0.1) is 17.6 Å². The molecule has 3 rings (SSSR count). The van der Waals surface area contributed by atoms with Crippen LogP contribution in [0.2, 0.25) is 0 Å². The second kappa shape index (κ2) is 7.91. The Morgan fingerprint density at radius 2 is 1.92 bits per heavy atom. The molecule has 0 aromatic heterocycles. The van der Waals surface area contributed by atoms with Crippen LogP contribution in [0.3, 0.4) is 0 Å². The van der Waals surface area contributed by atoms with E-state index in [0.29, 0.717) is 18.8 Å². The first kappa shape index (κ1) is 17.8. The van der Waals surface area contributed by atoms with Crippen LogP contribution >= 0.6 is 0 Å². The molecule has 26 heavy (non-hydrogen) atoms. The molecule has 0 aliphatic carbocycles. The zero-order chi connectivity index (χ0) is 18.5. The molecular weight excluding hydrogens is 338 g/mol. The first-order valence-corrected chi connectivity index (χ1v) is 8.29. The second-order valence-corrected chi connectivity index (χ2v) is 6.16. The summed E-state index contributed by atoms with van der Waals surface area (Å²) < 4.78 is 26.4. The van der Waals surface area contributed by atoms with Crippen molar-refractivity contribution in [2.75, 3.05) is 18.0 Å². The average molecular weight is 356 g/mol. The van der Waals surface area contributed by atoms with Gasteiger partial charge in [-0.1, -0.05) is 30.3 Å². The Balaban J connectivity index is 1.53. The predicted octanol–water partition coefficient (Wildman–Crippen LogP) is 3.15. The molecule has 1 aliphatic rings. The van der Waals surface area contributed by atoms with E-state index in [9.17, 15) is 18.4 Å². The van der Waals surface area contributed by atoms with Crippen molar-refractivity contribution in [3.05, 3.63) is 71.8 Å². The summed E-state index contributed by atoms with van der Waals surface area (Å²) in [4.78, 5) is 25.4. The van der Waals surface area contributed by atoms with Gasteiger partial charge in [0.1, 0.15) is 0 Å². The van der Waals surface area contributed by atoms with E-state index in [1.54, 1.807) is 6.08 Å². The minimum atomic E-state index is -0.988. The maximum atomic E-state index is 13.4. The Labute approximate surface area is 150 Å². The van der Waals surface area contributed by atoms with E-state index in [1.165, 1.54) is 17.0 Å². The fourth-order valence-corrected chi connectivity index (χ4v) is 2.86. The van der Waals surface area contributed by atoms with Crippen LogP contribution in [0.1, 0.15) is 12.0 Å². The van der Waals surface area contributed by atoms with Gasteiger partial charge in [-0.25, -0.2) is 8.78 Å². The van der Waals surface area contributed by atoms with Crippen LogP contribution in [-0.2, 0) is 9.59 Å². The summed E-state index contributed by atoms with van der Waals surface area (Å²) in [5.74, 6) is -2.43. The van der Waals surface area contributed by atoms with Gasteiger partial charge in [-0.15, -0.1) is 0 Å². The number of rotatable bonds is 5. The van der Waals surface area contributed by atoms with Gasteiger partial charge >= 0.3 is 0 Å². The third-order valence-electron chi connectivity index (χ3n) is 4.21. The lowest BCUT2D eigenvalue weighted by molar-refractivity contribution is -0.118. The molecule has 1 aliphatic heterocycles. The van der Waals surface area contributed by atoms with E-state index in [-0.39, 0.29) is 24.2 Å². The number of hydrogen-bond donors (Lipinski definition) is 1. The van der Waals surface area contributed by atoms with Crippen molar-refractivity contribution in [1.82, 2.24) is 5.32 Å². The molecule has 1 atom stereocenters. The number of carbonyl (C=O) groups excluding carboxylic acids is 2. The van der Waals surface area contributed by atoms with E-state index in [2.05, 4.69) is 5.32 Å². The van der Waals surface area contributed by atoms with E-state index in [4.69, 9.17) is 0 Å². The summed E-state index contributed by atoms with van der Waals surface area (Å²) >= 11 is 0. The number of carbonyl (C=O) groups is 2. The van der Waals surface area contributed by atoms with Gasteiger partial charge in [-0.2, -0.15) is 0 Å².